The molecule has 0 saturated carbocycles. The van der Waals surface area contributed by atoms with Crippen molar-refractivity contribution in [3.63, 3.8) is 0 Å². The first-order valence-corrected chi connectivity index (χ1v) is 7.99. The molecule has 0 atom stereocenters. The molecule has 0 aliphatic carbocycles. The van der Waals surface area contributed by atoms with Gasteiger partial charge in [0.05, 0.1) is 0 Å². The molecule has 2 rings (SSSR count). The average Bonchev–Trinajstić information content (AvgIpc) is 2.32. The van der Waals surface area contributed by atoms with Crippen molar-refractivity contribution >= 4 is 53.1 Å². The van der Waals surface area contributed by atoms with Crippen molar-refractivity contribution in [2.45, 2.75) is 0 Å². The van der Waals surface area contributed by atoms with E-state index in [-0.39, 0.29) is 10.0 Å². The standard InChI is InChI=1S/C12H6AsF2INO2/c14-9-5-6(16)1-3-8(9)13-11-7(12(18)19)2-4-10(15)17-11/h1-5H,(H,18,19). The second-order valence-corrected chi connectivity index (χ2v) is 7.13. The average molecular weight is 436 g/mol. The van der Waals surface area contributed by atoms with Crippen LogP contribution in [-0.4, -0.2) is 31.8 Å². The van der Waals surface area contributed by atoms with Crippen molar-refractivity contribution in [2.24, 2.45) is 0 Å². The first-order valence-electron chi connectivity index (χ1n) is 5.04. The fourth-order valence-electron chi connectivity index (χ4n) is 1.36. The number of pyridine rings is 1. The second-order valence-electron chi connectivity index (χ2n) is 3.52. The van der Waals surface area contributed by atoms with E-state index < -0.39 is 33.5 Å². The van der Waals surface area contributed by atoms with Crippen LogP contribution in [0.3, 0.4) is 0 Å². The normalized spacial score (nSPS) is 11.1. The Kier molecular flexibility index (Phi) is 4.52. The number of benzene rings is 1. The van der Waals surface area contributed by atoms with E-state index in [1.54, 1.807) is 12.1 Å². The van der Waals surface area contributed by atoms with Crippen LogP contribution in [0.4, 0.5) is 8.78 Å². The van der Waals surface area contributed by atoms with Crippen LogP contribution >= 0.6 is 22.6 Å². The third-order valence-electron chi connectivity index (χ3n) is 2.21. The van der Waals surface area contributed by atoms with E-state index in [2.05, 4.69) is 4.98 Å². The van der Waals surface area contributed by atoms with Crippen LogP contribution in [0, 0.1) is 15.3 Å². The number of rotatable bonds is 3. The summed E-state index contributed by atoms with van der Waals surface area (Å²) in [5.74, 6) is -2.38. The topological polar surface area (TPSA) is 50.2 Å². The van der Waals surface area contributed by atoms with Gasteiger partial charge in [0.2, 0.25) is 0 Å². The Morgan fingerprint density at radius 3 is 2.63 bits per heavy atom. The number of hydrogen-bond acceptors (Lipinski definition) is 2. The van der Waals surface area contributed by atoms with Crippen LogP contribution in [0.15, 0.2) is 30.3 Å². The number of carboxylic acid groups (broad SMARTS) is 1. The van der Waals surface area contributed by atoms with Crippen molar-refractivity contribution in [1.29, 1.82) is 0 Å². The summed E-state index contributed by atoms with van der Waals surface area (Å²) in [5.41, 5.74) is -0.0839. The Morgan fingerprint density at radius 1 is 1.26 bits per heavy atom. The van der Waals surface area contributed by atoms with Gasteiger partial charge in [0, 0.05) is 0 Å². The molecule has 1 radical (unpaired) electrons. The first kappa shape index (κ1) is 14.4. The maximum absolute atomic E-state index is 13.7. The van der Waals surface area contributed by atoms with Gasteiger partial charge in [-0.2, -0.15) is 0 Å². The Morgan fingerprint density at radius 2 is 2.00 bits per heavy atom. The van der Waals surface area contributed by atoms with Gasteiger partial charge >= 0.3 is 128 Å². The second kappa shape index (κ2) is 5.96. The zero-order chi connectivity index (χ0) is 14.0. The van der Waals surface area contributed by atoms with Crippen molar-refractivity contribution < 1.29 is 18.7 Å². The monoisotopic (exact) mass is 436 g/mol. The molecule has 19 heavy (non-hydrogen) atoms. The molecule has 1 aromatic heterocycles. The van der Waals surface area contributed by atoms with Crippen molar-refractivity contribution in [1.82, 2.24) is 4.98 Å². The molecule has 7 heteroatoms. The molecule has 3 nitrogen and oxygen atoms in total. The van der Waals surface area contributed by atoms with Crippen LogP contribution in [0.1, 0.15) is 10.4 Å². The summed E-state index contributed by atoms with van der Waals surface area (Å²) in [4.78, 5) is 14.6. The molecule has 1 heterocycles. The van der Waals surface area contributed by atoms with Gasteiger partial charge in [-0.3, -0.25) is 0 Å². The summed E-state index contributed by atoms with van der Waals surface area (Å²) in [6.07, 6.45) is 0. The number of nitrogens with zero attached hydrogens (tertiary/aromatic N) is 1. The summed E-state index contributed by atoms with van der Waals surface area (Å²) in [7, 11) is 0. The summed E-state index contributed by atoms with van der Waals surface area (Å²) >= 11 is 0.954. The van der Waals surface area contributed by atoms with Crippen molar-refractivity contribution in [2.75, 3.05) is 0 Å². The SMILES string of the molecule is O=C(O)c1ccc(F)nc1[As]c1ccc(I)cc1F. The van der Waals surface area contributed by atoms with E-state index in [1.165, 1.54) is 6.07 Å². The molecule has 0 amide bonds. The third-order valence-corrected chi connectivity index (χ3v) is 5.30. The van der Waals surface area contributed by atoms with Gasteiger partial charge in [0.25, 0.3) is 0 Å². The van der Waals surface area contributed by atoms with Gasteiger partial charge < -0.3 is 0 Å². The van der Waals surface area contributed by atoms with E-state index in [0.29, 0.717) is 4.35 Å². The van der Waals surface area contributed by atoms with Gasteiger partial charge in [-0.25, -0.2) is 0 Å². The summed E-state index contributed by atoms with van der Waals surface area (Å²) in [5, 5.41) is 9.01. The molecular weight excluding hydrogens is 430 g/mol. The number of carbonyl (C=O) groups is 1. The molecule has 0 bridgehead atoms. The molecule has 0 fully saturated rings. The molecule has 0 unspecified atom stereocenters. The van der Waals surface area contributed by atoms with Gasteiger partial charge in [-0.15, -0.1) is 0 Å². The van der Waals surface area contributed by atoms with E-state index in [4.69, 9.17) is 5.11 Å². The first-order chi connectivity index (χ1) is 8.97. The van der Waals surface area contributed by atoms with E-state index in [1.807, 2.05) is 22.6 Å². The van der Waals surface area contributed by atoms with Crippen molar-refractivity contribution in [3.05, 3.63) is 51.2 Å². The molecule has 0 spiro atoms. The quantitative estimate of drug-likeness (QED) is 0.449. The van der Waals surface area contributed by atoms with Gasteiger partial charge in [-0.05, 0) is 0 Å². The Bertz CT molecular complexity index is 652. The number of aromatic carboxylic acids is 1. The minimum atomic E-state index is -1.19. The van der Waals surface area contributed by atoms with Crippen LogP contribution in [0.5, 0.6) is 0 Å². The molecule has 1 N–H and O–H groups in total. The number of aromatic nitrogens is 1. The summed E-state index contributed by atoms with van der Waals surface area (Å²) in [6, 6.07) is 6.79. The van der Waals surface area contributed by atoms with E-state index >= 15 is 0 Å². The predicted molar refractivity (Wildman–Crippen MR) is 75.3 cm³/mol. The van der Waals surface area contributed by atoms with Crippen LogP contribution < -0.4 is 8.83 Å². The zero-order valence-electron chi connectivity index (χ0n) is 9.27. The Balaban J connectivity index is 2.42. The zero-order valence-corrected chi connectivity index (χ0v) is 13.3. The number of halogens is 3. The molecular formula is C12H6AsF2INO2. The third kappa shape index (κ3) is 3.51. The van der Waals surface area contributed by atoms with Crippen LogP contribution in [-0.2, 0) is 0 Å². The van der Waals surface area contributed by atoms with E-state index in [0.717, 1.165) is 15.7 Å². The molecule has 0 saturated heterocycles. The Labute approximate surface area is 127 Å². The van der Waals surface area contributed by atoms with E-state index in [9.17, 15) is 13.6 Å². The Hall–Kier alpha value is -1.01. The fraction of sp³-hybridized carbons (Fsp3) is 0. The molecule has 97 valence electrons. The van der Waals surface area contributed by atoms with Gasteiger partial charge in [0.1, 0.15) is 0 Å². The molecule has 2 aromatic rings. The van der Waals surface area contributed by atoms with Gasteiger partial charge in [-0.1, -0.05) is 0 Å². The predicted octanol–water partition coefficient (Wildman–Crippen LogP) is 1.32. The summed E-state index contributed by atoms with van der Waals surface area (Å²) in [6.45, 7) is 0. The fourth-order valence-corrected chi connectivity index (χ4v) is 3.88. The number of hydrogen-bond donors (Lipinski definition) is 1. The molecule has 1 aromatic carbocycles. The number of carboxylic acids is 1. The summed E-state index contributed by atoms with van der Waals surface area (Å²) < 4.78 is 28.0. The minimum absolute atomic E-state index is 0.0839. The van der Waals surface area contributed by atoms with Crippen molar-refractivity contribution in [3.8, 4) is 0 Å². The van der Waals surface area contributed by atoms with Crippen LogP contribution in [0.25, 0.3) is 0 Å². The maximum atomic E-state index is 13.7. The molecule has 0 aliphatic rings. The van der Waals surface area contributed by atoms with Crippen LogP contribution in [0.2, 0.25) is 0 Å². The van der Waals surface area contributed by atoms with Gasteiger partial charge in [0.15, 0.2) is 0 Å². The molecule has 0 aliphatic heterocycles.